The molecule has 0 aliphatic heterocycles. The van der Waals surface area contributed by atoms with Crippen molar-refractivity contribution in [2.75, 3.05) is 0 Å². The van der Waals surface area contributed by atoms with Crippen LogP contribution in [-0.4, -0.2) is 39.5 Å². The predicted molar refractivity (Wildman–Crippen MR) is 55.3 cm³/mol. The molecule has 0 saturated heterocycles. The van der Waals surface area contributed by atoms with Gasteiger partial charge in [0.1, 0.15) is 0 Å². The van der Waals surface area contributed by atoms with Gasteiger partial charge in [0.15, 0.2) is 0 Å². The van der Waals surface area contributed by atoms with Gasteiger partial charge < -0.3 is 5.11 Å². The smallest absolute Gasteiger partial charge is 0.310 e. The largest absolute Gasteiger partial charge is 0.494 e. The molecule has 1 aromatic rings. The minimum atomic E-state index is -5.17. The maximum Gasteiger partial charge on any atom is 0.494 e. The SMILES string of the molecule is OC(c1cccnc1)([P+](O)(O)O)[P+](O)(O)O. The predicted octanol–water partition coefficient (Wildman–Crippen LogP) is -1.34. The maximum absolute atomic E-state index is 9.71. The zero-order chi connectivity index (χ0) is 12.6. The molecule has 0 saturated carbocycles. The molecule has 8 nitrogen and oxygen atoms in total. The highest BCUT2D eigenvalue weighted by Gasteiger charge is 2.80. The van der Waals surface area contributed by atoms with Crippen LogP contribution in [-0.2, 0) is 5.08 Å². The average Bonchev–Trinajstić information content (AvgIpc) is 2.14. The second-order valence-electron chi connectivity index (χ2n) is 3.01. The van der Waals surface area contributed by atoms with E-state index < -0.39 is 26.5 Å². The van der Waals surface area contributed by atoms with Crippen LogP contribution in [0.4, 0.5) is 0 Å². The Morgan fingerprint density at radius 3 is 1.81 bits per heavy atom. The topological polar surface area (TPSA) is 154 Å². The Morgan fingerprint density at radius 1 is 1.00 bits per heavy atom. The van der Waals surface area contributed by atoms with Gasteiger partial charge in [0.25, 0.3) is 0 Å². The van der Waals surface area contributed by atoms with E-state index in [1.807, 2.05) is 0 Å². The van der Waals surface area contributed by atoms with Crippen molar-refractivity contribution in [3.8, 4) is 0 Å². The molecule has 0 aliphatic rings. The first-order valence-electron chi connectivity index (χ1n) is 3.88. The van der Waals surface area contributed by atoms with Crippen LogP contribution in [0.5, 0.6) is 0 Å². The van der Waals surface area contributed by atoms with Gasteiger partial charge in [0, 0.05) is 12.4 Å². The lowest BCUT2D eigenvalue weighted by Crippen LogP contribution is -2.32. The van der Waals surface area contributed by atoms with Gasteiger partial charge in [-0.25, -0.2) is 0 Å². The molecule has 90 valence electrons. The van der Waals surface area contributed by atoms with Crippen molar-refractivity contribution in [1.29, 1.82) is 0 Å². The van der Waals surface area contributed by atoms with Gasteiger partial charge in [-0.2, -0.15) is 29.4 Å². The van der Waals surface area contributed by atoms with Gasteiger partial charge in [-0.15, -0.1) is 0 Å². The quantitative estimate of drug-likeness (QED) is 0.333. The summed E-state index contributed by atoms with van der Waals surface area (Å²) in [5.74, 6) is 0. The molecular formula is C6H11NO7P2+2. The molecule has 0 atom stereocenters. The second-order valence-corrected chi connectivity index (χ2v) is 6.93. The van der Waals surface area contributed by atoms with Gasteiger partial charge in [-0.1, -0.05) is 0 Å². The van der Waals surface area contributed by atoms with Gasteiger partial charge in [-0.3, -0.25) is 4.98 Å². The number of hydrogen-bond acceptors (Lipinski definition) is 8. The molecule has 0 bridgehead atoms. The Balaban J connectivity index is 3.39. The minimum Gasteiger partial charge on any atom is -0.310 e. The summed E-state index contributed by atoms with van der Waals surface area (Å²) in [6.07, 6.45) is 2.12. The summed E-state index contributed by atoms with van der Waals surface area (Å²) in [4.78, 5) is 57.6. The Kier molecular flexibility index (Phi) is 3.62. The zero-order valence-electron chi connectivity index (χ0n) is 7.78. The monoisotopic (exact) mass is 271 g/mol. The highest BCUT2D eigenvalue weighted by molar-refractivity contribution is 7.77. The molecule has 1 aromatic heterocycles. The molecule has 0 aromatic carbocycles. The van der Waals surface area contributed by atoms with Gasteiger partial charge in [0.2, 0.25) is 0 Å². The van der Waals surface area contributed by atoms with Crippen LogP contribution in [0.25, 0.3) is 0 Å². The van der Waals surface area contributed by atoms with Crippen LogP contribution in [0.3, 0.4) is 0 Å². The summed E-state index contributed by atoms with van der Waals surface area (Å²) < 4.78 is 0. The summed E-state index contributed by atoms with van der Waals surface area (Å²) in [5, 5.41) is 6.38. The van der Waals surface area contributed by atoms with Crippen molar-refractivity contribution in [2.24, 2.45) is 0 Å². The van der Waals surface area contributed by atoms with Crippen LogP contribution < -0.4 is 0 Å². The van der Waals surface area contributed by atoms with Crippen molar-refractivity contribution < 1.29 is 34.5 Å². The average molecular weight is 271 g/mol. The Bertz CT molecular complexity index is 345. The first kappa shape index (κ1) is 13.8. The first-order chi connectivity index (χ1) is 7.11. The summed E-state index contributed by atoms with van der Waals surface area (Å²) in [7, 11) is -10.3. The molecule has 16 heavy (non-hydrogen) atoms. The van der Waals surface area contributed by atoms with E-state index in [0.717, 1.165) is 12.3 Å². The van der Waals surface area contributed by atoms with Crippen molar-refractivity contribution in [2.45, 2.75) is 5.08 Å². The summed E-state index contributed by atoms with van der Waals surface area (Å²) in [5.41, 5.74) is -0.517. The normalized spacial score (nSPS) is 13.9. The molecule has 10 heteroatoms. The second kappa shape index (κ2) is 4.19. The van der Waals surface area contributed by atoms with Crippen molar-refractivity contribution in [3.63, 3.8) is 0 Å². The van der Waals surface area contributed by atoms with Crippen LogP contribution in [0, 0.1) is 0 Å². The minimum absolute atomic E-state index is 0.517. The fourth-order valence-electron chi connectivity index (χ4n) is 1.09. The molecule has 1 heterocycles. The number of pyridine rings is 1. The lowest BCUT2D eigenvalue weighted by atomic mass is 10.3. The van der Waals surface area contributed by atoms with Crippen LogP contribution >= 0.6 is 15.9 Å². The van der Waals surface area contributed by atoms with Crippen LogP contribution in [0.1, 0.15) is 5.56 Å². The van der Waals surface area contributed by atoms with E-state index in [2.05, 4.69) is 4.98 Å². The van der Waals surface area contributed by atoms with E-state index in [-0.39, 0.29) is 0 Å². The Labute approximate surface area is 91.3 Å². The van der Waals surface area contributed by atoms with Crippen molar-refractivity contribution >= 4 is 15.9 Å². The number of aromatic nitrogens is 1. The van der Waals surface area contributed by atoms with E-state index in [9.17, 15) is 5.11 Å². The van der Waals surface area contributed by atoms with Crippen molar-refractivity contribution in [3.05, 3.63) is 30.1 Å². The highest BCUT2D eigenvalue weighted by Crippen LogP contribution is 2.80. The number of nitrogens with zero attached hydrogens (tertiary/aromatic N) is 1. The maximum atomic E-state index is 9.71. The van der Waals surface area contributed by atoms with E-state index in [1.54, 1.807) is 0 Å². The lowest BCUT2D eigenvalue weighted by molar-refractivity contribution is 0.103. The summed E-state index contributed by atoms with van der Waals surface area (Å²) >= 11 is 0. The van der Waals surface area contributed by atoms with E-state index >= 15 is 0 Å². The van der Waals surface area contributed by atoms with Gasteiger partial charge in [-0.05, 0) is 12.1 Å². The molecule has 0 aliphatic carbocycles. The lowest BCUT2D eigenvalue weighted by Gasteiger charge is -2.24. The molecule has 1 rings (SSSR count). The molecule has 0 radical (unpaired) electrons. The fourth-order valence-corrected chi connectivity index (χ4v) is 3.48. The van der Waals surface area contributed by atoms with Crippen molar-refractivity contribution in [1.82, 2.24) is 4.98 Å². The zero-order valence-corrected chi connectivity index (χ0v) is 9.57. The molecule has 0 spiro atoms. The Hall–Kier alpha value is -0.270. The third kappa shape index (κ3) is 2.21. The van der Waals surface area contributed by atoms with E-state index in [4.69, 9.17) is 29.4 Å². The van der Waals surface area contributed by atoms with E-state index in [1.165, 1.54) is 12.3 Å². The standard InChI is InChI=1S/C6H11NO7P2/c8-6(15(9,10)11,16(12,13)14)5-2-1-3-7-4-5/h1-4,8-14H/q+2. The van der Waals surface area contributed by atoms with Gasteiger partial charge in [0.05, 0.1) is 5.56 Å². The molecule has 7 N–H and O–H groups in total. The molecule has 0 amide bonds. The van der Waals surface area contributed by atoms with Crippen LogP contribution in [0.15, 0.2) is 24.5 Å². The third-order valence-corrected chi connectivity index (χ3v) is 5.69. The summed E-state index contributed by atoms with van der Waals surface area (Å²) in [6.45, 7) is 0. The third-order valence-electron chi connectivity index (χ3n) is 1.89. The number of rotatable bonds is 3. The fraction of sp³-hybridized carbons (Fsp3) is 0.167. The van der Waals surface area contributed by atoms with Crippen LogP contribution in [0.2, 0.25) is 0 Å². The van der Waals surface area contributed by atoms with E-state index in [0.29, 0.717) is 0 Å². The number of aliphatic hydroxyl groups is 1. The summed E-state index contributed by atoms with van der Waals surface area (Å²) in [6, 6.07) is 2.29. The first-order valence-corrected chi connectivity index (χ1v) is 7.18. The highest BCUT2D eigenvalue weighted by atomic mass is 31.3. The Morgan fingerprint density at radius 2 is 1.50 bits per heavy atom. The molecule has 0 unspecified atom stereocenters. The molecular weight excluding hydrogens is 260 g/mol. The number of hydrogen-bond donors (Lipinski definition) is 7. The molecule has 0 fully saturated rings. The van der Waals surface area contributed by atoms with Gasteiger partial charge >= 0.3 is 21.0 Å².